The van der Waals surface area contributed by atoms with Crippen molar-refractivity contribution in [3.05, 3.63) is 35.4 Å². The molecule has 1 rings (SSSR count). The second-order valence-electron chi connectivity index (χ2n) is 4.54. The monoisotopic (exact) mass is 279 g/mol. The van der Waals surface area contributed by atoms with Gasteiger partial charge in [-0.05, 0) is 24.1 Å². The Labute approximate surface area is 120 Å². The molecule has 1 aromatic rings. The maximum Gasteiger partial charge on any atom is 0.338 e. The van der Waals surface area contributed by atoms with Crippen LogP contribution in [0.4, 0.5) is 0 Å². The molecular weight excluding hydrogens is 258 g/mol. The summed E-state index contributed by atoms with van der Waals surface area (Å²) in [4.78, 5) is 12.2. The molecule has 2 N–H and O–H groups in total. The summed E-state index contributed by atoms with van der Waals surface area (Å²) in [5, 5.41) is 0. The Balaban J connectivity index is 2.38. The fourth-order valence-corrected chi connectivity index (χ4v) is 1.90. The number of ether oxygens (including phenoxy) is 1. The summed E-state index contributed by atoms with van der Waals surface area (Å²) in [6.07, 6.45) is 4.96. The molecule has 0 unspecified atom stereocenters. The number of hydrogen-bond acceptors (Lipinski definition) is 3. The minimum Gasteiger partial charge on any atom is -0.462 e. The van der Waals surface area contributed by atoms with Gasteiger partial charge in [0.1, 0.15) is 0 Å². The molecular formula is C15H21NO2S. The van der Waals surface area contributed by atoms with Crippen LogP contribution < -0.4 is 5.73 Å². The second-order valence-corrected chi connectivity index (χ2v) is 5.06. The molecule has 0 amide bonds. The largest absolute Gasteiger partial charge is 0.462 e. The van der Waals surface area contributed by atoms with Crippen molar-refractivity contribution in [3.63, 3.8) is 0 Å². The SMILES string of the molecule is CCCCCCOC(=O)c1ccc(CC(N)=S)cc1. The van der Waals surface area contributed by atoms with E-state index in [1.165, 1.54) is 12.8 Å². The molecule has 4 heteroatoms. The Morgan fingerprint density at radius 3 is 2.47 bits per heavy atom. The summed E-state index contributed by atoms with van der Waals surface area (Å²) < 4.78 is 5.21. The highest BCUT2D eigenvalue weighted by Crippen LogP contribution is 2.08. The lowest BCUT2D eigenvalue weighted by atomic mass is 10.1. The van der Waals surface area contributed by atoms with Crippen molar-refractivity contribution in [1.82, 2.24) is 0 Å². The number of thiocarbonyl (C=S) groups is 1. The standard InChI is InChI=1S/C15H21NO2S/c1-2-3-4-5-10-18-15(17)13-8-6-12(7-9-13)11-14(16)19/h6-9H,2-5,10-11H2,1H3,(H2,16,19). The normalized spacial score (nSPS) is 10.2. The van der Waals surface area contributed by atoms with Crippen molar-refractivity contribution >= 4 is 23.2 Å². The topological polar surface area (TPSA) is 52.3 Å². The van der Waals surface area contributed by atoms with Gasteiger partial charge < -0.3 is 10.5 Å². The van der Waals surface area contributed by atoms with Gasteiger partial charge >= 0.3 is 5.97 Å². The molecule has 19 heavy (non-hydrogen) atoms. The highest BCUT2D eigenvalue weighted by molar-refractivity contribution is 7.80. The van der Waals surface area contributed by atoms with E-state index in [0.717, 1.165) is 18.4 Å². The fraction of sp³-hybridized carbons (Fsp3) is 0.467. The van der Waals surface area contributed by atoms with E-state index in [-0.39, 0.29) is 5.97 Å². The third kappa shape index (κ3) is 6.34. The predicted octanol–water partition coefficient (Wildman–Crippen LogP) is 3.25. The van der Waals surface area contributed by atoms with E-state index in [9.17, 15) is 4.79 Å². The number of hydrogen-bond donors (Lipinski definition) is 1. The van der Waals surface area contributed by atoms with Crippen LogP contribution in [0.15, 0.2) is 24.3 Å². The van der Waals surface area contributed by atoms with Gasteiger partial charge in [0.25, 0.3) is 0 Å². The van der Waals surface area contributed by atoms with Crippen LogP contribution in [-0.2, 0) is 11.2 Å². The summed E-state index contributed by atoms with van der Waals surface area (Å²) in [7, 11) is 0. The smallest absolute Gasteiger partial charge is 0.338 e. The zero-order valence-electron chi connectivity index (χ0n) is 11.4. The van der Waals surface area contributed by atoms with Crippen molar-refractivity contribution in [2.75, 3.05) is 6.61 Å². The number of nitrogens with two attached hydrogens (primary N) is 1. The average Bonchev–Trinajstić information content (AvgIpc) is 2.38. The molecule has 0 aliphatic rings. The van der Waals surface area contributed by atoms with Crippen LogP contribution >= 0.6 is 12.2 Å². The van der Waals surface area contributed by atoms with Gasteiger partial charge in [0.05, 0.1) is 17.2 Å². The van der Waals surface area contributed by atoms with E-state index < -0.39 is 0 Å². The summed E-state index contributed by atoms with van der Waals surface area (Å²) in [6.45, 7) is 2.65. The van der Waals surface area contributed by atoms with Crippen molar-refractivity contribution in [2.45, 2.75) is 39.0 Å². The van der Waals surface area contributed by atoms with E-state index in [0.29, 0.717) is 23.6 Å². The van der Waals surface area contributed by atoms with Crippen LogP contribution in [0.25, 0.3) is 0 Å². The minimum atomic E-state index is -0.265. The second kappa shape index (κ2) is 8.64. The van der Waals surface area contributed by atoms with E-state index in [2.05, 4.69) is 6.92 Å². The van der Waals surface area contributed by atoms with Crippen molar-refractivity contribution in [3.8, 4) is 0 Å². The number of carbonyl (C=O) groups excluding carboxylic acids is 1. The summed E-state index contributed by atoms with van der Waals surface area (Å²) in [5.41, 5.74) is 7.05. The first-order valence-corrected chi connectivity index (χ1v) is 7.08. The van der Waals surface area contributed by atoms with Gasteiger partial charge in [-0.2, -0.15) is 0 Å². The Morgan fingerprint density at radius 2 is 1.89 bits per heavy atom. The number of benzene rings is 1. The Bertz CT molecular complexity index is 415. The van der Waals surface area contributed by atoms with Crippen molar-refractivity contribution < 1.29 is 9.53 Å². The number of esters is 1. The van der Waals surface area contributed by atoms with Crippen LogP contribution in [0.1, 0.15) is 48.5 Å². The number of carbonyl (C=O) groups is 1. The Kier molecular flexibility index (Phi) is 7.11. The van der Waals surface area contributed by atoms with Crippen LogP contribution in [0, 0.1) is 0 Å². The molecule has 0 bridgehead atoms. The van der Waals surface area contributed by atoms with E-state index in [1.807, 2.05) is 12.1 Å². The molecule has 0 spiro atoms. The van der Waals surface area contributed by atoms with Crippen molar-refractivity contribution in [2.24, 2.45) is 5.73 Å². The quantitative estimate of drug-likeness (QED) is 0.451. The molecule has 0 saturated heterocycles. The molecule has 0 atom stereocenters. The van der Waals surface area contributed by atoms with Crippen LogP contribution in [-0.4, -0.2) is 17.6 Å². The molecule has 0 heterocycles. The van der Waals surface area contributed by atoms with E-state index in [1.54, 1.807) is 12.1 Å². The maximum absolute atomic E-state index is 11.7. The number of rotatable bonds is 8. The van der Waals surface area contributed by atoms with Gasteiger partial charge in [-0.3, -0.25) is 0 Å². The van der Waals surface area contributed by atoms with Gasteiger partial charge in [-0.15, -0.1) is 0 Å². The van der Waals surface area contributed by atoms with E-state index in [4.69, 9.17) is 22.7 Å². The molecule has 104 valence electrons. The van der Waals surface area contributed by atoms with Gasteiger partial charge in [0.15, 0.2) is 0 Å². The summed E-state index contributed by atoms with van der Waals surface area (Å²) in [5.74, 6) is -0.265. The molecule has 0 saturated carbocycles. The van der Waals surface area contributed by atoms with Gasteiger partial charge in [0, 0.05) is 6.42 Å². The average molecular weight is 279 g/mol. The lowest BCUT2D eigenvalue weighted by molar-refractivity contribution is 0.0498. The summed E-state index contributed by atoms with van der Waals surface area (Å²) >= 11 is 4.84. The molecule has 0 radical (unpaired) electrons. The number of unbranched alkanes of at least 4 members (excludes halogenated alkanes) is 3. The van der Waals surface area contributed by atoms with Crippen LogP contribution in [0.3, 0.4) is 0 Å². The Hall–Kier alpha value is -1.42. The third-order valence-corrected chi connectivity index (χ3v) is 2.94. The molecule has 0 aliphatic heterocycles. The van der Waals surface area contributed by atoms with Crippen LogP contribution in [0.2, 0.25) is 0 Å². The predicted molar refractivity (Wildman–Crippen MR) is 81.4 cm³/mol. The first kappa shape index (κ1) is 15.6. The third-order valence-electron chi connectivity index (χ3n) is 2.80. The highest BCUT2D eigenvalue weighted by Gasteiger charge is 2.06. The molecule has 0 fully saturated rings. The van der Waals surface area contributed by atoms with Crippen LogP contribution in [0.5, 0.6) is 0 Å². The van der Waals surface area contributed by atoms with Gasteiger partial charge in [-0.1, -0.05) is 50.5 Å². The zero-order chi connectivity index (χ0) is 14.1. The fourth-order valence-electron chi connectivity index (χ4n) is 1.74. The first-order valence-electron chi connectivity index (χ1n) is 6.68. The first-order chi connectivity index (χ1) is 9.13. The van der Waals surface area contributed by atoms with E-state index >= 15 is 0 Å². The molecule has 3 nitrogen and oxygen atoms in total. The molecule has 0 aromatic heterocycles. The highest BCUT2D eigenvalue weighted by atomic mass is 32.1. The molecule has 1 aromatic carbocycles. The Morgan fingerprint density at radius 1 is 1.21 bits per heavy atom. The van der Waals surface area contributed by atoms with Gasteiger partial charge in [-0.25, -0.2) is 4.79 Å². The lowest BCUT2D eigenvalue weighted by Gasteiger charge is -2.05. The lowest BCUT2D eigenvalue weighted by Crippen LogP contribution is -2.11. The zero-order valence-corrected chi connectivity index (χ0v) is 12.2. The van der Waals surface area contributed by atoms with Gasteiger partial charge in [0.2, 0.25) is 0 Å². The summed E-state index contributed by atoms with van der Waals surface area (Å²) in [6, 6.07) is 7.21. The maximum atomic E-state index is 11.7. The molecule has 0 aliphatic carbocycles. The van der Waals surface area contributed by atoms with Crippen molar-refractivity contribution in [1.29, 1.82) is 0 Å². The minimum absolute atomic E-state index is 0.265.